The number of amides is 3. The summed E-state index contributed by atoms with van der Waals surface area (Å²) in [6, 6.07) is 27.6. The number of allylic oxidation sites excluding steroid dienone is 1. The molecule has 3 heterocycles. The van der Waals surface area contributed by atoms with Crippen LogP contribution in [-0.2, 0) is 14.4 Å². The van der Waals surface area contributed by atoms with Gasteiger partial charge >= 0.3 is 0 Å². The van der Waals surface area contributed by atoms with E-state index in [1.54, 1.807) is 11.1 Å². The second-order valence-electron chi connectivity index (χ2n) is 12.9. The molecule has 4 atom stereocenters. The monoisotopic (exact) mass is 622 g/mol. The van der Waals surface area contributed by atoms with Crippen LogP contribution in [0.25, 0.3) is 16.8 Å². The minimum absolute atomic E-state index is 0.0385. The van der Waals surface area contributed by atoms with Gasteiger partial charge in [0.05, 0.1) is 17.4 Å². The number of anilines is 1. The van der Waals surface area contributed by atoms with Gasteiger partial charge in [-0.2, -0.15) is 10.2 Å². The van der Waals surface area contributed by atoms with Crippen molar-refractivity contribution >= 4 is 46.0 Å². The SMILES string of the molecule is Cc1ccc(/C=C2\CCCC3C2=NN(C(=O)CN2N=NC4C(=O)N(c5cccc6ccccc56)C(=O)C42)C3c2ccc(C)cc2)cc1. The summed E-state index contributed by atoms with van der Waals surface area (Å²) < 4.78 is 0. The fraction of sp³-hybridized carbons (Fsp3) is 0.263. The highest BCUT2D eigenvalue weighted by molar-refractivity contribution is 6.27. The minimum Gasteiger partial charge on any atom is -0.271 e. The van der Waals surface area contributed by atoms with Gasteiger partial charge in [0.2, 0.25) is 0 Å². The Morgan fingerprint density at radius 2 is 1.57 bits per heavy atom. The van der Waals surface area contributed by atoms with E-state index in [0.717, 1.165) is 58.0 Å². The fourth-order valence-electron chi connectivity index (χ4n) is 7.37. The number of hydrogen-bond donors (Lipinski definition) is 0. The summed E-state index contributed by atoms with van der Waals surface area (Å²) in [7, 11) is 0. The molecular weight excluding hydrogens is 588 g/mol. The maximum absolute atomic E-state index is 14.2. The Bertz CT molecular complexity index is 2010. The second-order valence-corrected chi connectivity index (χ2v) is 12.9. The predicted molar refractivity (Wildman–Crippen MR) is 180 cm³/mol. The number of imide groups is 1. The average Bonchev–Trinajstić information content (AvgIpc) is 3.75. The standard InChI is InChI=1S/C38H34N6O3/c1-23-13-17-25(18-14-23)21-28-9-5-11-30-33(28)40-44(35(30)27-19-15-24(2)16-20-27)32(45)22-42-36-34(39-41-42)37(46)43(38(36)47)31-12-6-8-26-7-3-4-10-29(26)31/h3-4,6-8,10,12-21,30,34-36H,5,9,11,22H2,1-2H3/b28-21+. The van der Waals surface area contributed by atoms with Crippen molar-refractivity contribution < 1.29 is 14.4 Å². The third kappa shape index (κ3) is 4.93. The molecule has 4 aliphatic rings. The van der Waals surface area contributed by atoms with E-state index in [1.807, 2.05) is 43.3 Å². The number of hydrazone groups is 1. The fourth-order valence-corrected chi connectivity index (χ4v) is 7.37. The van der Waals surface area contributed by atoms with Gasteiger partial charge in [0.25, 0.3) is 17.7 Å². The van der Waals surface area contributed by atoms with Crippen LogP contribution in [0.2, 0.25) is 0 Å². The number of carbonyl (C=O) groups excluding carboxylic acids is 3. The van der Waals surface area contributed by atoms with E-state index in [1.165, 1.54) is 15.5 Å². The first-order chi connectivity index (χ1) is 22.9. The van der Waals surface area contributed by atoms with Gasteiger partial charge in [-0.05, 0) is 67.3 Å². The van der Waals surface area contributed by atoms with E-state index in [4.69, 9.17) is 5.10 Å². The Morgan fingerprint density at radius 1 is 0.851 bits per heavy atom. The molecule has 47 heavy (non-hydrogen) atoms. The van der Waals surface area contributed by atoms with Gasteiger partial charge in [0.15, 0.2) is 12.1 Å². The Morgan fingerprint density at radius 3 is 2.36 bits per heavy atom. The van der Waals surface area contributed by atoms with Crippen LogP contribution in [0.4, 0.5) is 5.69 Å². The maximum atomic E-state index is 14.2. The van der Waals surface area contributed by atoms with E-state index < -0.39 is 23.9 Å². The molecule has 2 fully saturated rings. The van der Waals surface area contributed by atoms with Crippen LogP contribution in [0.5, 0.6) is 0 Å². The van der Waals surface area contributed by atoms with E-state index in [2.05, 4.69) is 71.9 Å². The first kappa shape index (κ1) is 29.0. The van der Waals surface area contributed by atoms with E-state index in [-0.39, 0.29) is 24.4 Å². The molecule has 0 aromatic heterocycles. The van der Waals surface area contributed by atoms with Crippen LogP contribution < -0.4 is 4.90 Å². The quantitative estimate of drug-likeness (QED) is 0.235. The van der Waals surface area contributed by atoms with Gasteiger partial charge in [0, 0.05) is 11.3 Å². The number of carbonyl (C=O) groups is 3. The van der Waals surface area contributed by atoms with Crippen LogP contribution in [0, 0.1) is 19.8 Å². The largest absolute Gasteiger partial charge is 0.271 e. The van der Waals surface area contributed by atoms with Crippen molar-refractivity contribution in [1.82, 2.24) is 10.0 Å². The lowest BCUT2D eigenvalue weighted by atomic mass is 9.77. The lowest BCUT2D eigenvalue weighted by Crippen LogP contribution is -2.45. The molecule has 9 heteroatoms. The van der Waals surface area contributed by atoms with Crippen molar-refractivity contribution in [2.24, 2.45) is 21.4 Å². The third-order valence-corrected chi connectivity index (χ3v) is 9.76. The summed E-state index contributed by atoms with van der Waals surface area (Å²) in [4.78, 5) is 42.9. The van der Waals surface area contributed by atoms with Crippen molar-refractivity contribution in [3.8, 4) is 0 Å². The molecule has 0 N–H and O–H groups in total. The Balaban J connectivity index is 1.10. The molecule has 4 aromatic carbocycles. The lowest BCUT2D eigenvalue weighted by molar-refractivity contribution is -0.136. The molecule has 0 spiro atoms. The summed E-state index contributed by atoms with van der Waals surface area (Å²) in [5.41, 5.74) is 7.04. The van der Waals surface area contributed by atoms with Crippen molar-refractivity contribution in [1.29, 1.82) is 0 Å². The number of fused-ring (bicyclic) bond motifs is 3. The molecule has 234 valence electrons. The Hall–Kier alpha value is -5.44. The second kappa shape index (κ2) is 11.4. The summed E-state index contributed by atoms with van der Waals surface area (Å²) in [6.45, 7) is 3.89. The van der Waals surface area contributed by atoms with Crippen LogP contribution in [-0.4, -0.2) is 52.1 Å². The summed E-state index contributed by atoms with van der Waals surface area (Å²) in [5, 5.41) is 18.1. The molecule has 4 unspecified atom stereocenters. The van der Waals surface area contributed by atoms with Crippen molar-refractivity contribution in [2.75, 3.05) is 11.4 Å². The van der Waals surface area contributed by atoms with Gasteiger partial charge < -0.3 is 0 Å². The first-order valence-electron chi connectivity index (χ1n) is 16.1. The molecule has 0 radical (unpaired) electrons. The van der Waals surface area contributed by atoms with Gasteiger partial charge in [-0.15, -0.1) is 0 Å². The van der Waals surface area contributed by atoms with Crippen LogP contribution in [0.1, 0.15) is 47.6 Å². The van der Waals surface area contributed by atoms with E-state index >= 15 is 0 Å². The zero-order chi connectivity index (χ0) is 32.2. The summed E-state index contributed by atoms with van der Waals surface area (Å²) in [5.74, 6) is -1.13. The molecular formula is C38H34N6O3. The number of rotatable bonds is 5. The van der Waals surface area contributed by atoms with Crippen molar-refractivity contribution in [3.63, 3.8) is 0 Å². The van der Waals surface area contributed by atoms with Crippen molar-refractivity contribution in [3.05, 3.63) is 119 Å². The zero-order valence-corrected chi connectivity index (χ0v) is 26.3. The number of benzene rings is 4. The highest BCUT2D eigenvalue weighted by Crippen LogP contribution is 2.45. The number of aryl methyl sites for hydroxylation is 2. The number of hydrogen-bond acceptors (Lipinski definition) is 7. The molecule has 3 amide bonds. The zero-order valence-electron chi connectivity index (χ0n) is 26.3. The molecule has 1 saturated heterocycles. The highest BCUT2D eigenvalue weighted by atomic mass is 16.2. The summed E-state index contributed by atoms with van der Waals surface area (Å²) in [6.07, 6.45) is 4.98. The van der Waals surface area contributed by atoms with Crippen LogP contribution in [0.3, 0.4) is 0 Å². The van der Waals surface area contributed by atoms with Gasteiger partial charge in [0.1, 0.15) is 6.54 Å². The van der Waals surface area contributed by atoms with Crippen LogP contribution in [0.15, 0.2) is 112 Å². The van der Waals surface area contributed by atoms with E-state index in [0.29, 0.717) is 5.69 Å². The van der Waals surface area contributed by atoms with Gasteiger partial charge in [-0.1, -0.05) is 101 Å². The molecule has 4 aromatic rings. The van der Waals surface area contributed by atoms with Gasteiger partial charge in [-0.25, -0.2) is 9.91 Å². The average molecular weight is 623 g/mol. The topological polar surface area (TPSA) is 98.0 Å². The Labute approximate surface area is 272 Å². The molecule has 3 aliphatic heterocycles. The number of nitrogens with zero attached hydrogens (tertiary/aromatic N) is 6. The molecule has 1 saturated carbocycles. The summed E-state index contributed by atoms with van der Waals surface area (Å²) >= 11 is 0. The smallest absolute Gasteiger partial charge is 0.264 e. The first-order valence-corrected chi connectivity index (χ1v) is 16.1. The van der Waals surface area contributed by atoms with E-state index in [9.17, 15) is 14.4 Å². The molecule has 0 bridgehead atoms. The predicted octanol–water partition coefficient (Wildman–Crippen LogP) is 6.57. The van der Waals surface area contributed by atoms with Gasteiger partial charge in [-0.3, -0.25) is 19.4 Å². The molecule has 9 nitrogen and oxygen atoms in total. The molecule has 1 aliphatic carbocycles. The normalized spacial score (nSPS) is 24.3. The molecule has 8 rings (SSSR count). The minimum atomic E-state index is -1.00. The Kier molecular flexibility index (Phi) is 7.04. The van der Waals surface area contributed by atoms with Crippen molar-refractivity contribution in [2.45, 2.75) is 51.2 Å². The lowest BCUT2D eigenvalue weighted by Gasteiger charge is -2.30. The maximum Gasteiger partial charge on any atom is 0.264 e. The highest BCUT2D eigenvalue weighted by Gasteiger charge is 2.56. The third-order valence-electron chi connectivity index (χ3n) is 9.76. The van der Waals surface area contributed by atoms with Crippen LogP contribution >= 0.6 is 0 Å².